The molecule has 0 fully saturated rings. The summed E-state index contributed by atoms with van der Waals surface area (Å²) in [4.78, 5) is 11.7. The van der Waals surface area contributed by atoms with Crippen molar-refractivity contribution >= 4 is 5.97 Å². The fourth-order valence-electron chi connectivity index (χ4n) is 2.47. The standard InChI is InChI=1S/C26H40O2/c1-4-7-8-9-10-11-12-13-14-15-16-17-18-19-20-21-22-23-24-25(5-2)26(27)28-6-3/h7-8,10-11,13-14,16-17,19-20,22-23,25H,4-6,9,12,15,18,21,24H2,1-3H3. The van der Waals surface area contributed by atoms with Gasteiger partial charge in [-0.1, -0.05) is 86.8 Å². The number of rotatable bonds is 16. The first-order valence-corrected chi connectivity index (χ1v) is 10.8. The van der Waals surface area contributed by atoms with Gasteiger partial charge in [-0.05, 0) is 58.3 Å². The lowest BCUT2D eigenvalue weighted by atomic mass is 10.0. The lowest BCUT2D eigenvalue weighted by molar-refractivity contribution is -0.148. The van der Waals surface area contributed by atoms with Crippen molar-refractivity contribution in [3.05, 3.63) is 72.9 Å². The second-order valence-corrected chi connectivity index (χ2v) is 6.51. The lowest BCUT2D eigenvalue weighted by Crippen LogP contribution is -2.16. The summed E-state index contributed by atoms with van der Waals surface area (Å²) in [6.45, 7) is 6.49. The average molecular weight is 385 g/mol. The molecule has 0 aliphatic carbocycles. The number of hydrogen-bond donors (Lipinski definition) is 0. The Morgan fingerprint density at radius 3 is 1.39 bits per heavy atom. The van der Waals surface area contributed by atoms with Crippen LogP contribution in [0.4, 0.5) is 0 Å². The average Bonchev–Trinajstić information content (AvgIpc) is 2.70. The zero-order valence-electron chi connectivity index (χ0n) is 18.2. The van der Waals surface area contributed by atoms with Gasteiger partial charge in [0.1, 0.15) is 0 Å². The second-order valence-electron chi connectivity index (χ2n) is 6.51. The van der Waals surface area contributed by atoms with Crippen molar-refractivity contribution in [2.24, 2.45) is 5.92 Å². The van der Waals surface area contributed by atoms with Gasteiger partial charge in [-0.15, -0.1) is 0 Å². The maximum Gasteiger partial charge on any atom is 0.309 e. The Bertz CT molecular complexity index is 533. The van der Waals surface area contributed by atoms with Crippen LogP contribution in [0.15, 0.2) is 72.9 Å². The monoisotopic (exact) mass is 384 g/mol. The molecule has 28 heavy (non-hydrogen) atoms. The number of carbonyl (C=O) groups excluding carboxylic acids is 1. The van der Waals surface area contributed by atoms with Gasteiger partial charge in [0.2, 0.25) is 0 Å². The highest BCUT2D eigenvalue weighted by Gasteiger charge is 2.15. The molecule has 0 aromatic carbocycles. The smallest absolute Gasteiger partial charge is 0.309 e. The van der Waals surface area contributed by atoms with Crippen LogP contribution < -0.4 is 0 Å². The van der Waals surface area contributed by atoms with Crippen LogP contribution in [0.3, 0.4) is 0 Å². The number of carbonyl (C=O) groups is 1. The van der Waals surface area contributed by atoms with E-state index in [-0.39, 0.29) is 11.9 Å². The molecule has 1 unspecified atom stereocenters. The summed E-state index contributed by atoms with van der Waals surface area (Å²) in [6.07, 6.45) is 33.8. The molecule has 0 radical (unpaired) electrons. The van der Waals surface area contributed by atoms with Crippen LogP contribution in [0.25, 0.3) is 0 Å². The van der Waals surface area contributed by atoms with E-state index in [0.29, 0.717) is 6.61 Å². The van der Waals surface area contributed by atoms with Gasteiger partial charge in [0.25, 0.3) is 0 Å². The maximum absolute atomic E-state index is 11.7. The highest BCUT2D eigenvalue weighted by Crippen LogP contribution is 2.11. The van der Waals surface area contributed by atoms with E-state index in [1.165, 1.54) is 0 Å². The molecule has 2 heteroatoms. The largest absolute Gasteiger partial charge is 0.466 e. The normalized spacial score (nSPS) is 14.0. The molecular formula is C26H40O2. The van der Waals surface area contributed by atoms with Crippen LogP contribution in [0.1, 0.15) is 72.1 Å². The molecule has 156 valence electrons. The molecular weight excluding hydrogens is 344 g/mol. The highest BCUT2D eigenvalue weighted by atomic mass is 16.5. The quantitative estimate of drug-likeness (QED) is 0.202. The molecule has 0 aliphatic heterocycles. The lowest BCUT2D eigenvalue weighted by Gasteiger charge is -2.10. The molecule has 0 amide bonds. The van der Waals surface area contributed by atoms with Crippen LogP contribution in [-0.2, 0) is 9.53 Å². The topological polar surface area (TPSA) is 26.3 Å². The van der Waals surface area contributed by atoms with E-state index in [1.54, 1.807) is 0 Å². The zero-order valence-corrected chi connectivity index (χ0v) is 18.2. The third kappa shape index (κ3) is 17.3. The van der Waals surface area contributed by atoms with Crippen molar-refractivity contribution in [2.45, 2.75) is 72.1 Å². The summed E-state index contributed by atoms with van der Waals surface area (Å²) >= 11 is 0. The number of esters is 1. The van der Waals surface area contributed by atoms with Crippen molar-refractivity contribution in [1.29, 1.82) is 0 Å². The zero-order chi connectivity index (χ0) is 20.7. The summed E-state index contributed by atoms with van der Waals surface area (Å²) < 4.78 is 5.08. The van der Waals surface area contributed by atoms with Gasteiger partial charge in [-0.25, -0.2) is 0 Å². The van der Waals surface area contributed by atoms with E-state index < -0.39 is 0 Å². The summed E-state index contributed by atoms with van der Waals surface area (Å²) in [7, 11) is 0. The van der Waals surface area contributed by atoms with Crippen molar-refractivity contribution < 1.29 is 9.53 Å². The Labute approximate surface area is 173 Å². The van der Waals surface area contributed by atoms with Crippen LogP contribution >= 0.6 is 0 Å². The summed E-state index contributed by atoms with van der Waals surface area (Å²) in [5.41, 5.74) is 0. The first kappa shape index (κ1) is 25.9. The van der Waals surface area contributed by atoms with E-state index in [1.807, 2.05) is 13.8 Å². The summed E-state index contributed by atoms with van der Waals surface area (Å²) in [6, 6.07) is 0. The molecule has 0 aliphatic rings. The van der Waals surface area contributed by atoms with Crippen LogP contribution in [-0.4, -0.2) is 12.6 Å². The van der Waals surface area contributed by atoms with Crippen LogP contribution in [0.5, 0.6) is 0 Å². The minimum absolute atomic E-state index is 0.00967. The van der Waals surface area contributed by atoms with Crippen molar-refractivity contribution in [1.82, 2.24) is 0 Å². The first-order chi connectivity index (χ1) is 13.8. The molecule has 1 atom stereocenters. The Morgan fingerprint density at radius 1 is 0.643 bits per heavy atom. The van der Waals surface area contributed by atoms with Crippen molar-refractivity contribution in [3.8, 4) is 0 Å². The Balaban J connectivity index is 3.74. The third-order valence-electron chi connectivity index (χ3n) is 4.13. The minimum atomic E-state index is -0.0791. The fourth-order valence-corrected chi connectivity index (χ4v) is 2.47. The van der Waals surface area contributed by atoms with E-state index in [0.717, 1.165) is 51.4 Å². The molecule has 0 saturated carbocycles. The van der Waals surface area contributed by atoms with Gasteiger partial charge in [-0.3, -0.25) is 4.79 Å². The van der Waals surface area contributed by atoms with E-state index in [9.17, 15) is 4.79 Å². The molecule has 0 N–H and O–H groups in total. The highest BCUT2D eigenvalue weighted by molar-refractivity contribution is 5.72. The molecule has 0 saturated heterocycles. The van der Waals surface area contributed by atoms with Gasteiger partial charge in [0, 0.05) is 0 Å². The molecule has 0 aromatic heterocycles. The van der Waals surface area contributed by atoms with Crippen molar-refractivity contribution in [3.63, 3.8) is 0 Å². The third-order valence-corrected chi connectivity index (χ3v) is 4.13. The SMILES string of the molecule is CCC=CCC=CCC=CCC=CCC=CCC=CCC(CC)C(=O)OCC. The predicted octanol–water partition coefficient (Wildman–Crippen LogP) is 7.66. The van der Waals surface area contributed by atoms with Gasteiger partial charge in [0.05, 0.1) is 12.5 Å². The minimum Gasteiger partial charge on any atom is -0.466 e. The van der Waals surface area contributed by atoms with Crippen LogP contribution in [0.2, 0.25) is 0 Å². The van der Waals surface area contributed by atoms with Gasteiger partial charge in [-0.2, -0.15) is 0 Å². The first-order valence-electron chi connectivity index (χ1n) is 10.8. The maximum atomic E-state index is 11.7. The van der Waals surface area contributed by atoms with Gasteiger partial charge >= 0.3 is 5.97 Å². The molecule has 0 spiro atoms. The van der Waals surface area contributed by atoms with E-state index >= 15 is 0 Å². The summed E-state index contributed by atoms with van der Waals surface area (Å²) in [5, 5.41) is 0. The molecule has 0 bridgehead atoms. The van der Waals surface area contributed by atoms with Crippen molar-refractivity contribution in [2.75, 3.05) is 6.61 Å². The van der Waals surface area contributed by atoms with E-state index in [2.05, 4.69) is 79.8 Å². The number of hydrogen-bond acceptors (Lipinski definition) is 2. The van der Waals surface area contributed by atoms with Crippen LogP contribution in [0, 0.1) is 5.92 Å². The Kier molecular flexibility index (Phi) is 19.6. The molecule has 0 aromatic rings. The van der Waals surface area contributed by atoms with E-state index in [4.69, 9.17) is 4.74 Å². The predicted molar refractivity (Wildman–Crippen MR) is 123 cm³/mol. The summed E-state index contributed by atoms with van der Waals surface area (Å²) in [5.74, 6) is -0.0888. The molecule has 0 heterocycles. The number of allylic oxidation sites excluding steroid dienone is 12. The Hall–Kier alpha value is -2.09. The number of ether oxygens (including phenoxy) is 1. The Morgan fingerprint density at radius 2 is 1.04 bits per heavy atom. The molecule has 2 nitrogen and oxygen atoms in total. The van der Waals surface area contributed by atoms with Gasteiger partial charge in [0.15, 0.2) is 0 Å². The fraction of sp³-hybridized carbons (Fsp3) is 0.500. The van der Waals surface area contributed by atoms with Gasteiger partial charge < -0.3 is 4.74 Å². The molecule has 0 rings (SSSR count). The second kappa shape index (κ2) is 21.2.